The highest BCUT2D eigenvalue weighted by Gasteiger charge is 2.21. The molecule has 0 bridgehead atoms. The Bertz CT molecular complexity index is 629. The van der Waals surface area contributed by atoms with Crippen molar-refractivity contribution in [1.29, 1.82) is 0 Å². The molecule has 0 aliphatic rings. The zero-order chi connectivity index (χ0) is 16.1. The minimum Gasteiger partial charge on any atom is -0.352 e. The van der Waals surface area contributed by atoms with Crippen LogP contribution in [0.4, 0.5) is 0 Å². The monoisotopic (exact) mass is 400 g/mol. The Labute approximate surface area is 151 Å². The van der Waals surface area contributed by atoms with Crippen LogP contribution in [0.5, 0.6) is 0 Å². The number of benzene rings is 1. The summed E-state index contributed by atoms with van der Waals surface area (Å²) in [5.74, 6) is -0.0416. The lowest BCUT2D eigenvalue weighted by atomic mass is 10.1. The average molecular weight is 402 g/mol. The highest BCUT2D eigenvalue weighted by Crippen LogP contribution is 2.14. The number of hydrogen-bond acceptors (Lipinski definition) is 3. The van der Waals surface area contributed by atoms with Crippen LogP contribution in [-0.2, 0) is 18.3 Å². The number of likely N-dealkylation sites (N-methyl/N-ethyl adjacent to an activating group) is 1. The molecule has 0 aliphatic carbocycles. The van der Waals surface area contributed by atoms with Crippen LogP contribution in [0.1, 0.15) is 24.1 Å². The number of nitrogens with zero attached hydrogens (tertiary/aromatic N) is 2. The Balaban J connectivity index is 0.00000264. The fraction of sp³-hybridized carbons (Fsp3) is 0.375. The molecule has 23 heavy (non-hydrogen) atoms. The molecule has 2 aromatic rings. The molecule has 1 aromatic carbocycles. The van der Waals surface area contributed by atoms with Gasteiger partial charge in [-0.25, -0.2) is 0 Å². The number of carbonyl (C=O) groups excluding carboxylic acids is 1. The molecule has 0 saturated carbocycles. The van der Waals surface area contributed by atoms with Gasteiger partial charge in [-0.2, -0.15) is 5.10 Å². The van der Waals surface area contributed by atoms with Crippen molar-refractivity contribution in [1.82, 2.24) is 20.4 Å². The van der Waals surface area contributed by atoms with E-state index in [1.807, 2.05) is 32.3 Å². The summed E-state index contributed by atoms with van der Waals surface area (Å²) in [6, 6.07) is 7.81. The standard InChI is InChI=1S/C16H21BrN4O.ClH/c1-11(8-12-4-6-14(17)7-5-12)20-16(22)15(18-2)13-9-19-21(3)10-13;/h4-7,9-11,15,18H,8H2,1-3H3,(H,20,22);1H. The molecule has 0 spiro atoms. The van der Waals surface area contributed by atoms with Crippen LogP contribution in [0.15, 0.2) is 41.1 Å². The first kappa shape index (κ1) is 19.7. The summed E-state index contributed by atoms with van der Waals surface area (Å²) in [7, 11) is 3.61. The number of carbonyl (C=O) groups is 1. The van der Waals surface area contributed by atoms with Gasteiger partial charge in [0.15, 0.2) is 0 Å². The van der Waals surface area contributed by atoms with E-state index in [0.29, 0.717) is 0 Å². The van der Waals surface area contributed by atoms with Crippen LogP contribution in [0.2, 0.25) is 0 Å². The molecule has 2 rings (SSSR count). The van der Waals surface area contributed by atoms with Crippen LogP contribution in [-0.4, -0.2) is 28.8 Å². The molecule has 5 nitrogen and oxygen atoms in total. The zero-order valence-electron chi connectivity index (χ0n) is 13.4. The van der Waals surface area contributed by atoms with E-state index in [1.165, 1.54) is 5.56 Å². The van der Waals surface area contributed by atoms with Crippen LogP contribution in [0.3, 0.4) is 0 Å². The van der Waals surface area contributed by atoms with Crippen molar-refractivity contribution in [2.24, 2.45) is 7.05 Å². The van der Waals surface area contributed by atoms with Gasteiger partial charge in [0.2, 0.25) is 5.91 Å². The lowest BCUT2D eigenvalue weighted by Crippen LogP contribution is -2.41. The highest BCUT2D eigenvalue weighted by atomic mass is 79.9. The molecule has 0 fully saturated rings. The Hall–Kier alpha value is -1.37. The Morgan fingerprint density at radius 2 is 2.00 bits per heavy atom. The number of aryl methyl sites for hydroxylation is 1. The fourth-order valence-electron chi connectivity index (χ4n) is 2.39. The van der Waals surface area contributed by atoms with Gasteiger partial charge in [0, 0.05) is 29.3 Å². The van der Waals surface area contributed by atoms with Gasteiger partial charge in [-0.05, 0) is 38.1 Å². The van der Waals surface area contributed by atoms with E-state index in [0.717, 1.165) is 16.5 Å². The van der Waals surface area contributed by atoms with Gasteiger partial charge in [0.25, 0.3) is 0 Å². The molecule has 0 radical (unpaired) electrons. The summed E-state index contributed by atoms with van der Waals surface area (Å²) < 4.78 is 2.75. The first-order chi connectivity index (χ1) is 10.5. The number of nitrogens with one attached hydrogen (secondary N) is 2. The smallest absolute Gasteiger partial charge is 0.242 e. The predicted molar refractivity (Wildman–Crippen MR) is 97.7 cm³/mol. The number of amides is 1. The van der Waals surface area contributed by atoms with Gasteiger partial charge in [-0.3, -0.25) is 9.48 Å². The van der Waals surface area contributed by atoms with Gasteiger partial charge in [-0.1, -0.05) is 28.1 Å². The number of aromatic nitrogens is 2. The van der Waals surface area contributed by atoms with E-state index in [-0.39, 0.29) is 30.4 Å². The molecule has 1 heterocycles. The lowest BCUT2D eigenvalue weighted by Gasteiger charge is -2.19. The zero-order valence-corrected chi connectivity index (χ0v) is 15.8. The van der Waals surface area contributed by atoms with Crippen molar-refractivity contribution in [2.75, 3.05) is 7.05 Å². The normalized spacial score (nSPS) is 13.0. The van der Waals surface area contributed by atoms with Crippen molar-refractivity contribution in [3.05, 3.63) is 52.3 Å². The molecule has 0 aliphatic heterocycles. The third kappa shape index (κ3) is 5.64. The van der Waals surface area contributed by atoms with E-state index in [1.54, 1.807) is 17.9 Å². The molecular weight excluding hydrogens is 380 g/mol. The maximum atomic E-state index is 12.4. The van der Waals surface area contributed by atoms with Crippen molar-refractivity contribution in [2.45, 2.75) is 25.4 Å². The van der Waals surface area contributed by atoms with E-state index in [9.17, 15) is 4.79 Å². The van der Waals surface area contributed by atoms with E-state index in [4.69, 9.17) is 0 Å². The van der Waals surface area contributed by atoms with Crippen molar-refractivity contribution in [3.8, 4) is 0 Å². The predicted octanol–water partition coefficient (Wildman–Crippen LogP) is 2.61. The topological polar surface area (TPSA) is 59.0 Å². The van der Waals surface area contributed by atoms with Crippen LogP contribution in [0.25, 0.3) is 0 Å². The summed E-state index contributed by atoms with van der Waals surface area (Å²) >= 11 is 3.42. The maximum absolute atomic E-state index is 12.4. The first-order valence-corrected chi connectivity index (χ1v) is 7.99. The lowest BCUT2D eigenvalue weighted by molar-refractivity contribution is -0.123. The Morgan fingerprint density at radius 1 is 1.35 bits per heavy atom. The molecule has 2 N–H and O–H groups in total. The Kier molecular flexibility index (Phi) is 7.75. The third-order valence-electron chi connectivity index (χ3n) is 3.45. The van der Waals surface area contributed by atoms with Crippen LogP contribution in [0, 0.1) is 0 Å². The van der Waals surface area contributed by atoms with Crippen molar-refractivity contribution < 1.29 is 4.79 Å². The molecule has 7 heteroatoms. The second-order valence-corrected chi connectivity index (χ2v) is 6.32. The molecule has 2 unspecified atom stereocenters. The van der Waals surface area contributed by atoms with Gasteiger partial charge >= 0.3 is 0 Å². The molecule has 1 amide bonds. The van der Waals surface area contributed by atoms with E-state index >= 15 is 0 Å². The first-order valence-electron chi connectivity index (χ1n) is 7.20. The summed E-state index contributed by atoms with van der Waals surface area (Å²) in [6.07, 6.45) is 4.35. The van der Waals surface area contributed by atoms with Gasteiger partial charge in [0.05, 0.1) is 6.20 Å². The molecule has 126 valence electrons. The third-order valence-corrected chi connectivity index (χ3v) is 3.98. The van der Waals surface area contributed by atoms with Crippen LogP contribution < -0.4 is 10.6 Å². The average Bonchev–Trinajstić information content (AvgIpc) is 2.88. The summed E-state index contributed by atoms with van der Waals surface area (Å²) in [6.45, 7) is 2.01. The molecule has 2 atom stereocenters. The fourth-order valence-corrected chi connectivity index (χ4v) is 2.65. The maximum Gasteiger partial charge on any atom is 0.242 e. The highest BCUT2D eigenvalue weighted by molar-refractivity contribution is 9.10. The molecule has 1 aromatic heterocycles. The second-order valence-electron chi connectivity index (χ2n) is 5.41. The second kappa shape index (κ2) is 9.05. The van der Waals surface area contributed by atoms with E-state index in [2.05, 4.69) is 43.8 Å². The number of hydrogen-bond donors (Lipinski definition) is 2. The van der Waals surface area contributed by atoms with Crippen molar-refractivity contribution in [3.63, 3.8) is 0 Å². The summed E-state index contributed by atoms with van der Waals surface area (Å²) in [5.41, 5.74) is 2.05. The summed E-state index contributed by atoms with van der Waals surface area (Å²) in [4.78, 5) is 12.4. The minimum absolute atomic E-state index is 0. The minimum atomic E-state index is -0.388. The number of halogens is 2. The van der Waals surface area contributed by atoms with Crippen molar-refractivity contribution >= 4 is 34.2 Å². The van der Waals surface area contributed by atoms with Gasteiger partial charge in [-0.15, -0.1) is 12.4 Å². The number of rotatable bonds is 6. The SMILES string of the molecule is CNC(C(=O)NC(C)Cc1ccc(Br)cc1)c1cnn(C)c1.Cl. The Morgan fingerprint density at radius 3 is 2.52 bits per heavy atom. The van der Waals surface area contributed by atoms with Gasteiger partial charge in [0.1, 0.15) is 6.04 Å². The molecule has 0 saturated heterocycles. The quantitative estimate of drug-likeness (QED) is 0.782. The van der Waals surface area contributed by atoms with Crippen LogP contribution >= 0.6 is 28.3 Å². The largest absolute Gasteiger partial charge is 0.352 e. The molecular formula is C16H22BrClN4O. The van der Waals surface area contributed by atoms with E-state index < -0.39 is 0 Å². The van der Waals surface area contributed by atoms with Gasteiger partial charge < -0.3 is 10.6 Å². The summed E-state index contributed by atoms with van der Waals surface area (Å²) in [5, 5.41) is 10.2.